The molecule has 2 N–H and O–H groups in total. The van der Waals surface area contributed by atoms with Crippen molar-refractivity contribution in [3.05, 3.63) is 47.7 Å². The van der Waals surface area contributed by atoms with Crippen molar-refractivity contribution in [1.82, 2.24) is 30.3 Å². The Kier molecular flexibility index (Phi) is 4.86. The zero-order chi connectivity index (χ0) is 18.6. The molecule has 0 saturated carbocycles. The summed E-state index contributed by atoms with van der Waals surface area (Å²) in [6.07, 6.45) is 4.42. The Hall–Kier alpha value is -3.16. The highest BCUT2D eigenvalue weighted by Gasteiger charge is 2.16. The smallest absolute Gasteiger partial charge is 0.269 e. The summed E-state index contributed by atoms with van der Waals surface area (Å²) in [6, 6.07) is 9.29. The molecule has 140 valence electrons. The lowest BCUT2D eigenvalue weighted by molar-refractivity contribution is 0.0944. The van der Waals surface area contributed by atoms with Gasteiger partial charge in [0.2, 0.25) is 0 Å². The number of carbonyl (C=O) groups is 1. The number of fused-ring (bicyclic) bond motifs is 1. The summed E-state index contributed by atoms with van der Waals surface area (Å²) in [5.74, 6) is 2.34. The Balaban J connectivity index is 1.44. The number of aryl methyl sites for hydroxylation is 1. The Morgan fingerprint density at radius 3 is 3.07 bits per heavy atom. The number of methoxy groups -OCH3 is 1. The van der Waals surface area contributed by atoms with Gasteiger partial charge in [-0.05, 0) is 31.0 Å². The third-order valence-electron chi connectivity index (χ3n) is 4.78. The highest BCUT2D eigenvalue weighted by Crippen LogP contribution is 2.22. The third kappa shape index (κ3) is 3.69. The van der Waals surface area contributed by atoms with Crippen molar-refractivity contribution in [2.75, 3.05) is 7.11 Å². The quantitative estimate of drug-likeness (QED) is 0.722. The zero-order valence-electron chi connectivity index (χ0n) is 15.2. The fourth-order valence-electron chi connectivity index (χ4n) is 3.30. The molecule has 1 aliphatic heterocycles. The number of ether oxygens (including phenoxy) is 1. The first-order valence-electron chi connectivity index (χ1n) is 9.13. The van der Waals surface area contributed by atoms with E-state index in [0.717, 1.165) is 48.8 Å². The van der Waals surface area contributed by atoms with E-state index in [1.165, 1.54) is 6.42 Å². The van der Waals surface area contributed by atoms with Gasteiger partial charge in [0.15, 0.2) is 5.82 Å². The molecule has 0 bridgehead atoms. The van der Waals surface area contributed by atoms with Gasteiger partial charge in [0.1, 0.15) is 17.3 Å². The molecule has 0 atom stereocenters. The predicted molar refractivity (Wildman–Crippen MR) is 99.3 cm³/mol. The molecule has 8 nitrogen and oxygen atoms in total. The van der Waals surface area contributed by atoms with Crippen LogP contribution >= 0.6 is 0 Å². The van der Waals surface area contributed by atoms with Gasteiger partial charge < -0.3 is 14.6 Å². The number of hydrogen-bond acceptors (Lipinski definition) is 5. The minimum absolute atomic E-state index is 0.220. The lowest BCUT2D eigenvalue weighted by atomic mass is 10.1. The average molecular weight is 366 g/mol. The van der Waals surface area contributed by atoms with Crippen molar-refractivity contribution in [2.45, 2.75) is 38.8 Å². The molecule has 3 aromatic rings. The number of H-pyrrole nitrogens is 1. The number of benzene rings is 1. The summed E-state index contributed by atoms with van der Waals surface area (Å²) >= 11 is 0. The van der Waals surface area contributed by atoms with Crippen molar-refractivity contribution >= 4 is 5.91 Å². The Labute approximate surface area is 157 Å². The van der Waals surface area contributed by atoms with Crippen molar-refractivity contribution < 1.29 is 9.53 Å². The van der Waals surface area contributed by atoms with Crippen LogP contribution in [0.25, 0.3) is 11.3 Å². The number of amides is 1. The van der Waals surface area contributed by atoms with E-state index in [4.69, 9.17) is 4.74 Å². The topological polar surface area (TPSA) is 97.7 Å². The Bertz CT molecular complexity index is 945. The molecule has 3 heterocycles. The molecule has 0 saturated heterocycles. The van der Waals surface area contributed by atoms with Gasteiger partial charge in [-0.25, -0.2) is 0 Å². The average Bonchev–Trinajstić information content (AvgIpc) is 3.28. The summed E-state index contributed by atoms with van der Waals surface area (Å²) in [5.41, 5.74) is 1.98. The van der Waals surface area contributed by atoms with E-state index in [1.54, 1.807) is 13.2 Å². The SMILES string of the molecule is COc1cccc(-c2cc(C(=O)NCc3nnc4n3CCCCC4)[nH]n2)c1. The maximum atomic E-state index is 12.5. The Morgan fingerprint density at radius 2 is 2.19 bits per heavy atom. The number of aromatic amines is 1. The number of hydrogen-bond donors (Lipinski definition) is 2. The highest BCUT2D eigenvalue weighted by molar-refractivity contribution is 5.93. The maximum absolute atomic E-state index is 12.5. The first kappa shape index (κ1) is 17.3. The summed E-state index contributed by atoms with van der Waals surface area (Å²) in [4.78, 5) is 12.5. The molecule has 8 heteroatoms. The maximum Gasteiger partial charge on any atom is 0.269 e. The van der Waals surface area contributed by atoms with Crippen LogP contribution in [0.15, 0.2) is 30.3 Å². The van der Waals surface area contributed by atoms with Gasteiger partial charge in [-0.3, -0.25) is 9.89 Å². The minimum Gasteiger partial charge on any atom is -0.497 e. The molecular weight excluding hydrogens is 344 g/mol. The number of nitrogens with one attached hydrogen (secondary N) is 2. The van der Waals surface area contributed by atoms with Crippen LogP contribution in [0, 0.1) is 0 Å². The Morgan fingerprint density at radius 1 is 1.26 bits per heavy atom. The van der Waals surface area contributed by atoms with Crippen LogP contribution in [0.1, 0.15) is 41.4 Å². The standard InChI is InChI=1S/C19H22N6O2/c1-27-14-7-5-6-13(10-14)15-11-16(22-21-15)19(26)20-12-18-24-23-17-8-3-2-4-9-25(17)18/h5-7,10-11H,2-4,8-9,12H2,1H3,(H,20,26)(H,21,22). The van der Waals surface area contributed by atoms with Crippen molar-refractivity contribution in [1.29, 1.82) is 0 Å². The van der Waals surface area contributed by atoms with Crippen molar-refractivity contribution in [3.8, 4) is 17.0 Å². The number of rotatable bonds is 5. The predicted octanol–water partition coefficient (Wildman–Crippen LogP) is 2.33. The molecule has 4 rings (SSSR count). The zero-order valence-corrected chi connectivity index (χ0v) is 15.2. The number of aromatic nitrogens is 5. The summed E-state index contributed by atoms with van der Waals surface area (Å²) in [6.45, 7) is 1.26. The van der Waals surface area contributed by atoms with E-state index in [1.807, 2.05) is 24.3 Å². The molecule has 1 aromatic carbocycles. The highest BCUT2D eigenvalue weighted by atomic mass is 16.5. The van der Waals surface area contributed by atoms with Crippen molar-refractivity contribution in [2.24, 2.45) is 0 Å². The van der Waals surface area contributed by atoms with Crippen LogP contribution < -0.4 is 10.1 Å². The van der Waals surface area contributed by atoms with Crippen LogP contribution in [-0.2, 0) is 19.5 Å². The molecule has 0 fully saturated rings. The van der Waals surface area contributed by atoms with Gasteiger partial charge >= 0.3 is 0 Å². The van der Waals surface area contributed by atoms with Crippen LogP contribution in [0.3, 0.4) is 0 Å². The van der Waals surface area contributed by atoms with Gasteiger partial charge in [0.25, 0.3) is 5.91 Å². The summed E-state index contributed by atoms with van der Waals surface area (Å²) < 4.78 is 7.36. The lowest BCUT2D eigenvalue weighted by Crippen LogP contribution is -2.25. The van der Waals surface area contributed by atoms with Gasteiger partial charge in [-0.15, -0.1) is 10.2 Å². The van der Waals surface area contributed by atoms with Crippen LogP contribution in [0.5, 0.6) is 5.75 Å². The second-order valence-electron chi connectivity index (χ2n) is 6.58. The number of carbonyl (C=O) groups excluding carboxylic acids is 1. The second kappa shape index (κ2) is 7.61. The fraction of sp³-hybridized carbons (Fsp3) is 0.368. The van der Waals surface area contributed by atoms with Gasteiger partial charge in [-0.2, -0.15) is 5.10 Å². The first-order valence-corrected chi connectivity index (χ1v) is 9.13. The van der Waals surface area contributed by atoms with Crippen LogP contribution in [0.4, 0.5) is 0 Å². The van der Waals surface area contributed by atoms with E-state index < -0.39 is 0 Å². The molecule has 0 unspecified atom stereocenters. The van der Waals surface area contributed by atoms with E-state index in [-0.39, 0.29) is 5.91 Å². The molecule has 0 spiro atoms. The van der Waals surface area contributed by atoms with Gasteiger partial charge in [-0.1, -0.05) is 18.6 Å². The second-order valence-corrected chi connectivity index (χ2v) is 6.58. The van der Waals surface area contributed by atoms with Crippen molar-refractivity contribution in [3.63, 3.8) is 0 Å². The van der Waals surface area contributed by atoms with E-state index in [9.17, 15) is 4.79 Å². The molecule has 1 amide bonds. The minimum atomic E-state index is -0.220. The van der Waals surface area contributed by atoms with Crippen LogP contribution in [-0.4, -0.2) is 38.0 Å². The summed E-state index contributed by atoms with van der Waals surface area (Å²) in [7, 11) is 1.62. The molecule has 0 radical (unpaired) electrons. The van der Waals surface area contributed by atoms with Gasteiger partial charge in [0.05, 0.1) is 19.3 Å². The van der Waals surface area contributed by atoms with E-state index >= 15 is 0 Å². The largest absolute Gasteiger partial charge is 0.497 e. The molecular formula is C19H22N6O2. The summed E-state index contributed by atoms with van der Waals surface area (Å²) in [5, 5.41) is 18.4. The third-order valence-corrected chi connectivity index (χ3v) is 4.78. The van der Waals surface area contributed by atoms with E-state index in [0.29, 0.717) is 17.9 Å². The van der Waals surface area contributed by atoms with Crippen LogP contribution in [0.2, 0.25) is 0 Å². The van der Waals surface area contributed by atoms with Gasteiger partial charge in [0, 0.05) is 18.5 Å². The molecule has 0 aliphatic carbocycles. The first-order chi connectivity index (χ1) is 13.2. The fourth-order valence-corrected chi connectivity index (χ4v) is 3.30. The lowest BCUT2D eigenvalue weighted by Gasteiger charge is -2.07. The molecule has 27 heavy (non-hydrogen) atoms. The normalized spacial score (nSPS) is 13.7. The number of nitrogens with zero attached hydrogens (tertiary/aromatic N) is 4. The van der Waals surface area contributed by atoms with E-state index in [2.05, 4.69) is 30.3 Å². The monoisotopic (exact) mass is 366 g/mol. The molecule has 1 aliphatic rings. The molecule has 2 aromatic heterocycles.